The number of carbonyl (C=O) groups excluding carboxylic acids is 1. The number of benzene rings is 3. The molecule has 0 spiro atoms. The molecular weight excluding hydrogens is 322 g/mol. The van der Waals surface area contributed by atoms with Crippen LogP contribution in [0.5, 0.6) is 5.75 Å². The second-order valence-corrected chi connectivity index (χ2v) is 6.46. The van der Waals surface area contributed by atoms with Crippen LogP contribution in [0.3, 0.4) is 0 Å². The van der Waals surface area contributed by atoms with Crippen LogP contribution in [0, 0.1) is 0 Å². The van der Waals surface area contributed by atoms with E-state index in [2.05, 4.69) is 30.3 Å². The van der Waals surface area contributed by atoms with Crippen molar-refractivity contribution in [3.05, 3.63) is 101 Å². The Labute approximate surface area is 154 Å². The Hall–Kier alpha value is -3.07. The second-order valence-electron chi connectivity index (χ2n) is 6.46. The Balaban J connectivity index is 1.67. The first kappa shape index (κ1) is 17.7. The molecule has 0 aliphatic heterocycles. The highest BCUT2D eigenvalue weighted by Gasteiger charge is 2.08. The number of nitrogens with zero attached hydrogens (tertiary/aromatic N) is 1. The average Bonchev–Trinajstić information content (AvgIpc) is 2.68. The monoisotopic (exact) mass is 345 g/mol. The van der Waals surface area contributed by atoms with Gasteiger partial charge in [-0.05, 0) is 34.9 Å². The van der Waals surface area contributed by atoms with Crippen LogP contribution in [0.1, 0.15) is 27.0 Å². The largest absolute Gasteiger partial charge is 0.489 e. The smallest absolute Gasteiger partial charge is 0.253 e. The van der Waals surface area contributed by atoms with Gasteiger partial charge in [0.2, 0.25) is 0 Å². The lowest BCUT2D eigenvalue weighted by molar-refractivity contribution is 0.0827. The van der Waals surface area contributed by atoms with Crippen molar-refractivity contribution < 1.29 is 9.53 Å². The normalized spacial score (nSPS) is 10.4. The van der Waals surface area contributed by atoms with E-state index in [0.29, 0.717) is 12.2 Å². The molecule has 0 fully saturated rings. The van der Waals surface area contributed by atoms with Crippen molar-refractivity contribution in [3.8, 4) is 5.75 Å². The Kier molecular flexibility index (Phi) is 5.69. The molecule has 3 aromatic rings. The van der Waals surface area contributed by atoms with Crippen LogP contribution in [0.2, 0.25) is 0 Å². The van der Waals surface area contributed by atoms with Gasteiger partial charge in [0.25, 0.3) is 5.91 Å². The summed E-state index contributed by atoms with van der Waals surface area (Å²) < 4.78 is 6.05. The van der Waals surface area contributed by atoms with Crippen LogP contribution in [0.25, 0.3) is 0 Å². The number of rotatable bonds is 6. The second kappa shape index (κ2) is 8.34. The molecule has 132 valence electrons. The maximum atomic E-state index is 11.9. The van der Waals surface area contributed by atoms with Gasteiger partial charge in [0, 0.05) is 26.1 Å². The van der Waals surface area contributed by atoms with Gasteiger partial charge in [0.05, 0.1) is 0 Å². The zero-order chi connectivity index (χ0) is 18.4. The van der Waals surface area contributed by atoms with Gasteiger partial charge in [-0.1, -0.05) is 60.7 Å². The molecule has 0 aliphatic carbocycles. The topological polar surface area (TPSA) is 29.5 Å². The number of ether oxygens (including phenoxy) is 1. The molecule has 0 aliphatic rings. The summed E-state index contributed by atoms with van der Waals surface area (Å²) in [5.41, 5.74) is 4.14. The van der Waals surface area contributed by atoms with Crippen molar-refractivity contribution in [3.63, 3.8) is 0 Å². The lowest BCUT2D eigenvalue weighted by atomic mass is 10.0. The van der Waals surface area contributed by atoms with E-state index in [1.165, 1.54) is 5.56 Å². The molecule has 1 amide bonds. The van der Waals surface area contributed by atoms with Crippen molar-refractivity contribution in [2.24, 2.45) is 0 Å². The maximum Gasteiger partial charge on any atom is 0.253 e. The number of hydrogen-bond donors (Lipinski definition) is 0. The Morgan fingerprint density at radius 2 is 1.46 bits per heavy atom. The lowest BCUT2D eigenvalue weighted by Crippen LogP contribution is -2.21. The SMILES string of the molecule is CN(C)C(=O)c1ccc(COc2ccccc2Cc2ccccc2)cc1. The molecule has 0 radical (unpaired) electrons. The van der Waals surface area contributed by atoms with Crippen LogP contribution < -0.4 is 4.74 Å². The minimum atomic E-state index is 0.00525. The third kappa shape index (κ3) is 4.51. The molecule has 0 bridgehead atoms. The zero-order valence-electron chi connectivity index (χ0n) is 15.2. The molecule has 3 nitrogen and oxygen atoms in total. The van der Waals surface area contributed by atoms with Gasteiger partial charge in [-0.25, -0.2) is 0 Å². The average molecular weight is 345 g/mol. The molecule has 3 heteroatoms. The van der Waals surface area contributed by atoms with Crippen molar-refractivity contribution in [2.75, 3.05) is 14.1 Å². The first-order chi connectivity index (χ1) is 12.6. The van der Waals surface area contributed by atoms with Gasteiger partial charge in [-0.2, -0.15) is 0 Å². The fourth-order valence-corrected chi connectivity index (χ4v) is 2.77. The summed E-state index contributed by atoms with van der Waals surface area (Å²) in [6, 6.07) is 26.1. The first-order valence-corrected chi connectivity index (χ1v) is 8.69. The van der Waals surface area contributed by atoms with Gasteiger partial charge >= 0.3 is 0 Å². The molecule has 0 saturated heterocycles. The van der Waals surface area contributed by atoms with Crippen molar-refractivity contribution in [1.82, 2.24) is 4.90 Å². The summed E-state index contributed by atoms with van der Waals surface area (Å²) in [6.07, 6.45) is 0.841. The lowest BCUT2D eigenvalue weighted by Gasteiger charge is -2.13. The number of hydrogen-bond acceptors (Lipinski definition) is 2. The molecular formula is C23H23NO2. The number of carbonyl (C=O) groups is 1. The van der Waals surface area contributed by atoms with Crippen LogP contribution in [0.4, 0.5) is 0 Å². The predicted molar refractivity (Wildman–Crippen MR) is 104 cm³/mol. The van der Waals surface area contributed by atoms with Crippen molar-refractivity contribution in [2.45, 2.75) is 13.0 Å². The fraction of sp³-hybridized carbons (Fsp3) is 0.174. The third-order valence-corrected chi connectivity index (χ3v) is 4.21. The molecule has 0 heterocycles. The molecule has 3 aromatic carbocycles. The standard InChI is InChI=1S/C23H23NO2/c1-24(2)23(25)20-14-12-19(13-15-20)17-26-22-11-7-6-10-21(22)16-18-8-4-3-5-9-18/h3-15H,16-17H2,1-2H3. The quantitative estimate of drug-likeness (QED) is 0.655. The fourth-order valence-electron chi connectivity index (χ4n) is 2.77. The molecule has 0 unspecified atom stereocenters. The maximum absolute atomic E-state index is 11.9. The van der Waals surface area contributed by atoms with Crippen LogP contribution >= 0.6 is 0 Å². The van der Waals surface area contributed by atoms with Crippen LogP contribution in [-0.2, 0) is 13.0 Å². The predicted octanol–water partition coefficient (Wildman–Crippen LogP) is 4.56. The van der Waals surface area contributed by atoms with Gasteiger partial charge in [0.1, 0.15) is 12.4 Å². The van der Waals surface area contributed by atoms with Gasteiger partial charge in [0.15, 0.2) is 0 Å². The van der Waals surface area contributed by atoms with Gasteiger partial charge in [-0.15, -0.1) is 0 Å². The minimum Gasteiger partial charge on any atom is -0.489 e. The minimum absolute atomic E-state index is 0.00525. The highest BCUT2D eigenvalue weighted by atomic mass is 16.5. The van der Waals surface area contributed by atoms with E-state index in [1.54, 1.807) is 19.0 Å². The summed E-state index contributed by atoms with van der Waals surface area (Å²) in [7, 11) is 3.51. The summed E-state index contributed by atoms with van der Waals surface area (Å²) in [6.45, 7) is 0.474. The van der Waals surface area contributed by atoms with E-state index in [4.69, 9.17) is 4.74 Å². The summed E-state index contributed by atoms with van der Waals surface area (Å²) >= 11 is 0. The Morgan fingerprint density at radius 1 is 0.808 bits per heavy atom. The van der Waals surface area contributed by atoms with E-state index in [1.807, 2.05) is 48.5 Å². The summed E-state index contributed by atoms with van der Waals surface area (Å²) in [5, 5.41) is 0. The van der Waals surface area contributed by atoms with E-state index < -0.39 is 0 Å². The Morgan fingerprint density at radius 3 is 2.15 bits per heavy atom. The van der Waals surface area contributed by atoms with E-state index in [0.717, 1.165) is 23.3 Å². The van der Waals surface area contributed by atoms with Crippen LogP contribution in [-0.4, -0.2) is 24.9 Å². The van der Waals surface area contributed by atoms with Gasteiger partial charge < -0.3 is 9.64 Å². The van der Waals surface area contributed by atoms with E-state index in [9.17, 15) is 4.79 Å². The zero-order valence-corrected chi connectivity index (χ0v) is 15.2. The number of para-hydroxylation sites is 1. The highest BCUT2D eigenvalue weighted by molar-refractivity contribution is 5.93. The van der Waals surface area contributed by atoms with Crippen molar-refractivity contribution >= 4 is 5.91 Å². The summed E-state index contributed by atoms with van der Waals surface area (Å²) in [4.78, 5) is 13.5. The van der Waals surface area contributed by atoms with E-state index in [-0.39, 0.29) is 5.91 Å². The molecule has 0 atom stereocenters. The van der Waals surface area contributed by atoms with Crippen LogP contribution in [0.15, 0.2) is 78.9 Å². The van der Waals surface area contributed by atoms with E-state index >= 15 is 0 Å². The molecule has 26 heavy (non-hydrogen) atoms. The molecule has 0 N–H and O–H groups in total. The van der Waals surface area contributed by atoms with Gasteiger partial charge in [-0.3, -0.25) is 4.79 Å². The molecule has 0 saturated carbocycles. The third-order valence-electron chi connectivity index (χ3n) is 4.21. The first-order valence-electron chi connectivity index (χ1n) is 8.69. The molecule has 0 aromatic heterocycles. The highest BCUT2D eigenvalue weighted by Crippen LogP contribution is 2.22. The molecule has 3 rings (SSSR count). The summed E-state index contributed by atoms with van der Waals surface area (Å²) in [5.74, 6) is 0.899. The number of amides is 1. The van der Waals surface area contributed by atoms with Crippen molar-refractivity contribution in [1.29, 1.82) is 0 Å². The Bertz CT molecular complexity index is 855.